The van der Waals surface area contributed by atoms with Gasteiger partial charge < -0.3 is 26.2 Å². The Balaban J connectivity index is 1.33. The predicted octanol–water partition coefficient (Wildman–Crippen LogP) is 2.09. The van der Waals surface area contributed by atoms with Gasteiger partial charge in [0.05, 0.1) is 16.8 Å². The molecule has 3 aliphatic heterocycles. The summed E-state index contributed by atoms with van der Waals surface area (Å²) in [5.74, 6) is -2.33. The zero-order valence-electron chi connectivity index (χ0n) is 28.1. The summed E-state index contributed by atoms with van der Waals surface area (Å²) in [6.07, 6.45) is 12.1. The van der Waals surface area contributed by atoms with Gasteiger partial charge in [0.25, 0.3) is 5.91 Å². The summed E-state index contributed by atoms with van der Waals surface area (Å²) in [5, 5.41) is 10.8. The van der Waals surface area contributed by atoms with Crippen LogP contribution in [0, 0.1) is 5.92 Å². The van der Waals surface area contributed by atoms with Crippen molar-refractivity contribution in [2.45, 2.75) is 151 Å². The Morgan fingerprint density at radius 2 is 1.45 bits per heavy atom. The van der Waals surface area contributed by atoms with Crippen LogP contribution in [0.15, 0.2) is 0 Å². The second-order valence-corrected chi connectivity index (χ2v) is 16.8. The molecule has 0 spiro atoms. The molecule has 0 bridgehead atoms. The van der Waals surface area contributed by atoms with Gasteiger partial charge in [0.2, 0.25) is 27.6 Å². The van der Waals surface area contributed by atoms with Crippen LogP contribution >= 0.6 is 0 Å². The number of carbonyl (C=O) groups is 5. The SMILES string of the molecule is C[C@H]1CCN2C(=O)[C@@H](NC(=O)NC3([C@@H]4CCN(C)S4(=O)=O)CCCCC3)CCCCCCCC[C@@H](C(=O)C(=O)NC3CC3)NC(=O)[C@H]12. The van der Waals surface area contributed by atoms with Crippen molar-refractivity contribution in [3.8, 4) is 0 Å². The Morgan fingerprint density at radius 3 is 2.09 bits per heavy atom. The molecule has 5 amide bonds. The highest BCUT2D eigenvalue weighted by atomic mass is 32.2. The van der Waals surface area contributed by atoms with Gasteiger partial charge in [0.15, 0.2) is 0 Å². The Hall–Kier alpha value is -2.74. The molecular formula is C33H54N6O7S. The third-order valence-corrected chi connectivity index (χ3v) is 13.5. The first kappa shape index (κ1) is 35.6. The summed E-state index contributed by atoms with van der Waals surface area (Å²) in [4.78, 5) is 69.0. The Morgan fingerprint density at radius 1 is 0.809 bits per heavy atom. The lowest BCUT2D eigenvalue weighted by Gasteiger charge is -2.42. The van der Waals surface area contributed by atoms with Crippen LogP contribution in [-0.2, 0) is 29.2 Å². The van der Waals surface area contributed by atoms with E-state index < -0.39 is 62.6 Å². The van der Waals surface area contributed by atoms with Crippen LogP contribution in [0.5, 0.6) is 0 Å². The van der Waals surface area contributed by atoms with Crippen molar-refractivity contribution in [3.05, 3.63) is 0 Å². The number of carbonyl (C=O) groups excluding carboxylic acids is 5. The standard InChI is InChI=1S/C33H54N6O7S/c1-22-16-21-39-27(22)29(41)35-24(28(40)30(42)34-23-14-15-23)12-8-5-3-4-6-9-13-25(31(39)43)36-32(44)37-33(18-10-7-11-19-33)26-17-20-38(2)47(26,45)46/h22-27H,3-21H2,1-2H3,(H,34,42)(H,35,41)(H2,36,37,44)/t22-,24-,25-,26-,27-/m0/s1. The minimum atomic E-state index is -3.57. The van der Waals surface area contributed by atoms with Gasteiger partial charge in [-0.25, -0.2) is 17.5 Å². The predicted molar refractivity (Wildman–Crippen MR) is 176 cm³/mol. The number of fused-ring (bicyclic) bond motifs is 1. The fourth-order valence-corrected chi connectivity index (χ4v) is 10.2. The smallest absolute Gasteiger partial charge is 0.315 e. The fraction of sp³-hybridized carbons (Fsp3) is 0.848. The number of rotatable bonds is 6. The topological polar surface area (TPSA) is 174 Å². The molecule has 47 heavy (non-hydrogen) atoms. The van der Waals surface area contributed by atoms with E-state index in [0.29, 0.717) is 64.5 Å². The third-order valence-electron chi connectivity index (χ3n) is 11.1. The number of ketones is 1. The summed E-state index contributed by atoms with van der Waals surface area (Å²) in [7, 11) is -2.00. The summed E-state index contributed by atoms with van der Waals surface area (Å²) in [6, 6.07) is -3.25. The molecule has 2 saturated carbocycles. The zero-order chi connectivity index (χ0) is 33.8. The van der Waals surface area contributed by atoms with Crippen molar-refractivity contribution in [2.24, 2.45) is 5.92 Å². The van der Waals surface area contributed by atoms with Crippen LogP contribution in [-0.4, -0.2) is 102 Å². The number of sulfonamides is 1. The van der Waals surface area contributed by atoms with Gasteiger partial charge in [0, 0.05) is 26.2 Å². The van der Waals surface area contributed by atoms with Crippen LogP contribution in [0.25, 0.3) is 0 Å². The molecule has 0 unspecified atom stereocenters. The molecule has 5 aliphatic rings. The van der Waals surface area contributed by atoms with Crippen molar-refractivity contribution in [1.29, 1.82) is 0 Å². The van der Waals surface area contributed by atoms with Crippen LogP contribution in [0.4, 0.5) is 4.79 Å². The van der Waals surface area contributed by atoms with Gasteiger partial charge in [-0.05, 0) is 57.3 Å². The number of amides is 5. The van der Waals surface area contributed by atoms with Gasteiger partial charge in [-0.2, -0.15) is 0 Å². The number of hydrogen-bond acceptors (Lipinski definition) is 7. The number of nitrogens with zero attached hydrogens (tertiary/aromatic N) is 2. The largest absolute Gasteiger partial charge is 0.347 e. The molecule has 5 rings (SSSR count). The average Bonchev–Trinajstić information content (AvgIpc) is 3.69. The van der Waals surface area contributed by atoms with E-state index in [4.69, 9.17) is 0 Å². The van der Waals surface area contributed by atoms with Crippen molar-refractivity contribution < 1.29 is 32.4 Å². The number of hydrogen-bond donors (Lipinski definition) is 4. The number of Topliss-reactive ketones (excluding diaryl/α,β-unsaturated/α-hetero) is 1. The molecule has 2 aliphatic carbocycles. The quantitative estimate of drug-likeness (QED) is 0.311. The Labute approximate surface area is 279 Å². The minimum Gasteiger partial charge on any atom is -0.347 e. The highest BCUT2D eigenvalue weighted by Gasteiger charge is 2.52. The molecule has 0 aromatic heterocycles. The van der Waals surface area contributed by atoms with E-state index in [1.54, 1.807) is 7.05 Å². The van der Waals surface area contributed by atoms with Gasteiger partial charge in [-0.1, -0.05) is 64.7 Å². The van der Waals surface area contributed by atoms with Crippen molar-refractivity contribution in [2.75, 3.05) is 20.1 Å². The molecule has 0 aromatic rings. The third kappa shape index (κ3) is 8.29. The van der Waals surface area contributed by atoms with Crippen molar-refractivity contribution in [3.63, 3.8) is 0 Å². The van der Waals surface area contributed by atoms with Gasteiger partial charge in [-0.15, -0.1) is 0 Å². The second kappa shape index (κ2) is 15.2. The molecule has 0 aromatic carbocycles. The van der Waals surface area contributed by atoms with Gasteiger partial charge in [0.1, 0.15) is 12.1 Å². The van der Waals surface area contributed by atoms with Crippen LogP contribution in [0.2, 0.25) is 0 Å². The molecule has 4 N–H and O–H groups in total. The highest BCUT2D eigenvalue weighted by Crippen LogP contribution is 2.39. The molecule has 3 heterocycles. The van der Waals surface area contributed by atoms with Crippen molar-refractivity contribution >= 4 is 39.6 Å². The normalized spacial score (nSPS) is 32.3. The average molecular weight is 679 g/mol. The first-order chi connectivity index (χ1) is 22.4. The summed E-state index contributed by atoms with van der Waals surface area (Å²) >= 11 is 0. The first-order valence-electron chi connectivity index (χ1n) is 17.9. The lowest BCUT2D eigenvalue weighted by molar-refractivity contribution is -0.143. The van der Waals surface area contributed by atoms with Gasteiger partial charge in [-0.3, -0.25) is 19.2 Å². The van der Waals surface area contributed by atoms with E-state index in [1.807, 2.05) is 6.92 Å². The lowest BCUT2D eigenvalue weighted by Crippen LogP contribution is -2.63. The molecule has 264 valence electrons. The molecule has 5 fully saturated rings. The van der Waals surface area contributed by atoms with Gasteiger partial charge >= 0.3 is 6.03 Å². The molecule has 13 nitrogen and oxygen atoms in total. The Kier molecular flexibility index (Phi) is 11.5. The lowest BCUT2D eigenvalue weighted by atomic mass is 9.78. The molecule has 3 saturated heterocycles. The van der Waals surface area contributed by atoms with Crippen LogP contribution < -0.4 is 21.3 Å². The highest BCUT2D eigenvalue weighted by molar-refractivity contribution is 7.90. The summed E-state index contributed by atoms with van der Waals surface area (Å²) in [6.45, 7) is 2.63. The molecule has 0 radical (unpaired) electrons. The summed E-state index contributed by atoms with van der Waals surface area (Å²) < 4.78 is 27.9. The monoisotopic (exact) mass is 678 g/mol. The van der Waals surface area contributed by atoms with E-state index in [0.717, 1.165) is 57.8 Å². The number of nitrogens with one attached hydrogen (secondary N) is 4. The van der Waals surface area contributed by atoms with E-state index in [-0.39, 0.29) is 17.9 Å². The van der Waals surface area contributed by atoms with E-state index >= 15 is 0 Å². The minimum absolute atomic E-state index is 0.0194. The maximum atomic E-state index is 14.2. The second-order valence-electron chi connectivity index (χ2n) is 14.6. The van der Waals surface area contributed by atoms with E-state index in [1.165, 1.54) is 9.21 Å². The molecule has 14 heteroatoms. The maximum absolute atomic E-state index is 14.2. The van der Waals surface area contributed by atoms with Crippen LogP contribution in [0.1, 0.15) is 116 Å². The maximum Gasteiger partial charge on any atom is 0.315 e. The summed E-state index contributed by atoms with van der Waals surface area (Å²) in [5.41, 5.74) is -0.910. The number of urea groups is 1. The van der Waals surface area contributed by atoms with Crippen LogP contribution in [0.3, 0.4) is 0 Å². The first-order valence-corrected chi connectivity index (χ1v) is 19.4. The molecule has 5 atom stereocenters. The van der Waals surface area contributed by atoms with E-state index in [2.05, 4.69) is 21.3 Å². The fourth-order valence-electron chi connectivity index (χ4n) is 8.11. The van der Waals surface area contributed by atoms with Crippen molar-refractivity contribution in [1.82, 2.24) is 30.5 Å². The Bertz CT molecular complexity index is 1300. The molecular weight excluding hydrogens is 624 g/mol. The zero-order valence-corrected chi connectivity index (χ0v) is 28.9. The van der Waals surface area contributed by atoms with E-state index in [9.17, 15) is 32.4 Å².